The van der Waals surface area contributed by atoms with Crippen LogP contribution in [0, 0.1) is 22.2 Å². The van der Waals surface area contributed by atoms with Gasteiger partial charge in [-0.1, -0.05) is 37.3 Å². The lowest BCUT2D eigenvalue weighted by Gasteiger charge is -2.83. The number of piperidine rings is 1. The molecule has 7 atom stereocenters. The Kier molecular flexibility index (Phi) is 3.03. The second kappa shape index (κ2) is 4.94. The second-order valence-corrected chi connectivity index (χ2v) is 10.4. The van der Waals surface area contributed by atoms with Crippen LogP contribution in [0.5, 0.6) is 0 Å². The summed E-state index contributed by atoms with van der Waals surface area (Å²) in [4.78, 5) is 13.6. The van der Waals surface area contributed by atoms with Gasteiger partial charge in [0.05, 0.1) is 11.5 Å². The number of halogens is 1. The van der Waals surface area contributed by atoms with E-state index in [2.05, 4.69) is 47.9 Å². The third-order valence-electron chi connectivity index (χ3n) is 9.42. The zero-order valence-corrected chi connectivity index (χ0v) is 16.1. The average Bonchev–Trinajstić information content (AvgIpc) is 3.10. The van der Waals surface area contributed by atoms with Crippen molar-refractivity contribution in [3.8, 4) is 0 Å². The molecule has 0 aromatic heterocycles. The lowest BCUT2D eigenvalue weighted by atomic mass is 9.19. The summed E-state index contributed by atoms with van der Waals surface area (Å²) in [6.45, 7) is 3.58. The fourth-order valence-corrected chi connectivity index (χ4v) is 9.02. The molecule has 1 aromatic carbocycles. The minimum absolute atomic E-state index is 0.0990. The van der Waals surface area contributed by atoms with E-state index in [0.29, 0.717) is 18.9 Å². The van der Waals surface area contributed by atoms with Gasteiger partial charge in [0, 0.05) is 17.4 Å². The minimum Gasteiger partial charge on any atom is -0.350 e. The largest absolute Gasteiger partial charge is 0.350 e. The Hall–Kier alpha value is -1.42. The highest BCUT2D eigenvalue weighted by molar-refractivity contribution is 5.88. The molecule has 4 saturated carbocycles. The van der Waals surface area contributed by atoms with Crippen molar-refractivity contribution in [1.29, 1.82) is 0 Å². The fourth-order valence-electron chi connectivity index (χ4n) is 9.02. The van der Waals surface area contributed by atoms with Crippen molar-refractivity contribution in [2.45, 2.75) is 63.1 Å². The summed E-state index contributed by atoms with van der Waals surface area (Å²) in [6, 6.07) is 10.6. The van der Waals surface area contributed by atoms with Crippen molar-refractivity contribution in [2.75, 3.05) is 13.1 Å². The van der Waals surface area contributed by atoms with Crippen LogP contribution in [0.1, 0.15) is 51.0 Å². The summed E-state index contributed by atoms with van der Waals surface area (Å²) in [6.07, 6.45) is 5.39. The van der Waals surface area contributed by atoms with Crippen molar-refractivity contribution in [3.05, 3.63) is 35.9 Å². The van der Waals surface area contributed by atoms with Crippen molar-refractivity contribution < 1.29 is 9.18 Å². The van der Waals surface area contributed by atoms with Crippen molar-refractivity contribution in [1.82, 2.24) is 10.6 Å². The van der Waals surface area contributed by atoms with Crippen LogP contribution < -0.4 is 10.6 Å². The standard InChI is InChI=1S/C23H29FN2O/c1-20-9-15-10-21(19(27)26-18-7-8-25-12-17(18)24)14-22(13-20,23(20,21)11-15)16-5-3-2-4-6-16/h2-6,15,17-18,25H,7-14H2,1H3,(H,26,27)/t15?,17-,18-,20?,21?,22?,23?/m1/s1. The molecule has 2 N–H and O–H groups in total. The van der Waals surface area contributed by atoms with Gasteiger partial charge in [0.2, 0.25) is 5.91 Å². The predicted octanol–water partition coefficient (Wildman–Crippen LogP) is 3.34. The van der Waals surface area contributed by atoms with Crippen LogP contribution in [0.3, 0.4) is 0 Å². The number of rotatable bonds is 3. The molecule has 144 valence electrons. The van der Waals surface area contributed by atoms with E-state index in [1.807, 2.05) is 0 Å². The number of amides is 1. The number of alkyl halides is 1. The summed E-state index contributed by atoms with van der Waals surface area (Å²) in [5, 5.41) is 6.27. The third kappa shape index (κ3) is 1.63. The molecule has 2 bridgehead atoms. The number of hydrogen-bond acceptors (Lipinski definition) is 2. The summed E-state index contributed by atoms with van der Waals surface area (Å²) in [5.41, 5.74) is 1.73. The number of hydrogen-bond donors (Lipinski definition) is 2. The number of carbonyl (C=O) groups excluding carboxylic acids is 1. The van der Waals surface area contributed by atoms with E-state index >= 15 is 0 Å². The molecular formula is C23H29FN2O. The van der Waals surface area contributed by atoms with Crippen LogP contribution in [0.25, 0.3) is 0 Å². The minimum atomic E-state index is -0.970. The van der Waals surface area contributed by atoms with Gasteiger partial charge in [-0.25, -0.2) is 4.39 Å². The zero-order chi connectivity index (χ0) is 18.5. The molecule has 3 nitrogen and oxygen atoms in total. The van der Waals surface area contributed by atoms with Crippen LogP contribution in [-0.2, 0) is 10.2 Å². The molecule has 5 aliphatic rings. The quantitative estimate of drug-likeness (QED) is 0.859. The maximum atomic E-state index is 14.3. The molecule has 5 unspecified atom stereocenters. The Balaban J connectivity index is 1.36. The first-order valence-electron chi connectivity index (χ1n) is 10.7. The van der Waals surface area contributed by atoms with Gasteiger partial charge < -0.3 is 10.6 Å². The van der Waals surface area contributed by atoms with Gasteiger partial charge in [-0.2, -0.15) is 0 Å². The second-order valence-electron chi connectivity index (χ2n) is 10.4. The van der Waals surface area contributed by atoms with Crippen LogP contribution >= 0.6 is 0 Å². The fraction of sp³-hybridized carbons (Fsp3) is 0.696. The van der Waals surface area contributed by atoms with Crippen LogP contribution in [0.15, 0.2) is 30.3 Å². The highest BCUT2D eigenvalue weighted by Gasteiger charge is 2.92. The van der Waals surface area contributed by atoms with Gasteiger partial charge >= 0.3 is 0 Å². The normalized spacial score (nSPS) is 51.9. The molecule has 5 fully saturated rings. The van der Waals surface area contributed by atoms with Crippen LogP contribution in [0.4, 0.5) is 4.39 Å². The molecule has 1 aromatic rings. The summed E-state index contributed by atoms with van der Waals surface area (Å²) < 4.78 is 14.3. The van der Waals surface area contributed by atoms with E-state index in [0.717, 1.165) is 19.4 Å². The smallest absolute Gasteiger partial charge is 0.227 e. The van der Waals surface area contributed by atoms with Crippen molar-refractivity contribution >= 4 is 5.91 Å². The van der Waals surface area contributed by atoms with E-state index in [4.69, 9.17) is 0 Å². The Morgan fingerprint density at radius 3 is 2.74 bits per heavy atom. The third-order valence-corrected chi connectivity index (χ3v) is 9.42. The summed E-state index contributed by atoms with van der Waals surface area (Å²) in [5.74, 6) is 0.833. The molecule has 6 rings (SSSR count). The average molecular weight is 368 g/mol. The van der Waals surface area contributed by atoms with Gasteiger partial charge in [0.1, 0.15) is 6.17 Å². The Morgan fingerprint density at radius 2 is 2.00 bits per heavy atom. The van der Waals surface area contributed by atoms with E-state index in [-0.39, 0.29) is 33.6 Å². The first-order valence-corrected chi connectivity index (χ1v) is 10.7. The number of carbonyl (C=O) groups is 1. The number of nitrogens with one attached hydrogen (secondary N) is 2. The monoisotopic (exact) mass is 368 g/mol. The number of fused-ring (bicyclic) bond motifs is 1. The molecular weight excluding hydrogens is 339 g/mol. The number of benzene rings is 1. The molecule has 1 saturated heterocycles. The molecule has 1 spiro atoms. The lowest BCUT2D eigenvalue weighted by Crippen LogP contribution is -2.83. The van der Waals surface area contributed by atoms with Crippen LogP contribution in [-0.4, -0.2) is 31.2 Å². The molecule has 1 amide bonds. The molecule has 0 radical (unpaired) electrons. The van der Waals surface area contributed by atoms with Gasteiger partial charge in [-0.05, 0) is 62.0 Å². The van der Waals surface area contributed by atoms with Gasteiger partial charge in [-0.15, -0.1) is 0 Å². The van der Waals surface area contributed by atoms with Gasteiger partial charge in [-0.3, -0.25) is 4.79 Å². The maximum absolute atomic E-state index is 14.3. The Labute approximate surface area is 160 Å². The maximum Gasteiger partial charge on any atom is 0.227 e. The van der Waals surface area contributed by atoms with E-state index < -0.39 is 6.17 Å². The summed E-state index contributed by atoms with van der Waals surface area (Å²) in [7, 11) is 0. The Morgan fingerprint density at radius 1 is 1.19 bits per heavy atom. The highest BCUT2D eigenvalue weighted by atomic mass is 19.1. The molecule has 1 heterocycles. The highest BCUT2D eigenvalue weighted by Crippen LogP contribution is 2.95. The molecule has 27 heavy (non-hydrogen) atoms. The molecule has 4 heteroatoms. The van der Waals surface area contributed by atoms with E-state index in [9.17, 15) is 9.18 Å². The van der Waals surface area contributed by atoms with Crippen molar-refractivity contribution in [3.63, 3.8) is 0 Å². The molecule has 4 aliphatic carbocycles. The molecule has 1 aliphatic heterocycles. The van der Waals surface area contributed by atoms with Gasteiger partial charge in [0.15, 0.2) is 0 Å². The first-order chi connectivity index (χ1) is 13.0. The Bertz CT molecular complexity index is 814. The van der Waals surface area contributed by atoms with E-state index in [1.165, 1.54) is 24.8 Å². The van der Waals surface area contributed by atoms with Gasteiger partial charge in [0.25, 0.3) is 0 Å². The van der Waals surface area contributed by atoms with E-state index in [1.54, 1.807) is 0 Å². The lowest BCUT2D eigenvalue weighted by molar-refractivity contribution is -0.302. The van der Waals surface area contributed by atoms with Crippen molar-refractivity contribution in [2.24, 2.45) is 22.2 Å². The predicted molar refractivity (Wildman–Crippen MR) is 102 cm³/mol. The summed E-state index contributed by atoms with van der Waals surface area (Å²) >= 11 is 0. The topological polar surface area (TPSA) is 41.1 Å². The first kappa shape index (κ1) is 16.5. The SMILES string of the molecule is CC12CC3CC4(C(=O)N[C@@H]5CCNC[C@H]5F)CC(c5ccccc5)(C1)C24C3. The zero-order valence-electron chi connectivity index (χ0n) is 16.1. The van der Waals surface area contributed by atoms with Crippen LogP contribution in [0.2, 0.25) is 0 Å².